The molecule has 1 aliphatic heterocycles. The Hall–Kier alpha value is -0.830. The standard InChI is InChI=1S/C11H19NO2/c1-2-10-5-8-12(9-6-10)7-3-4-11(13)14/h3-4,10H,2,5-9H2,1H3,(H,13,14). The average molecular weight is 197 g/mol. The van der Waals surface area contributed by atoms with E-state index >= 15 is 0 Å². The van der Waals surface area contributed by atoms with Gasteiger partial charge in [0.05, 0.1) is 0 Å². The number of piperidine rings is 1. The van der Waals surface area contributed by atoms with E-state index in [1.807, 2.05) is 0 Å². The lowest BCUT2D eigenvalue weighted by atomic mass is 9.94. The number of carbonyl (C=O) groups is 1. The van der Waals surface area contributed by atoms with E-state index in [4.69, 9.17) is 5.11 Å². The summed E-state index contributed by atoms with van der Waals surface area (Å²) in [4.78, 5) is 12.5. The van der Waals surface area contributed by atoms with Gasteiger partial charge in [-0.15, -0.1) is 0 Å². The summed E-state index contributed by atoms with van der Waals surface area (Å²) in [6.07, 6.45) is 6.76. The van der Waals surface area contributed by atoms with Gasteiger partial charge in [0.25, 0.3) is 0 Å². The van der Waals surface area contributed by atoms with E-state index in [9.17, 15) is 4.79 Å². The molecule has 3 heteroatoms. The smallest absolute Gasteiger partial charge is 0.328 e. The monoisotopic (exact) mass is 197 g/mol. The molecular formula is C11H19NO2. The highest BCUT2D eigenvalue weighted by Gasteiger charge is 2.16. The summed E-state index contributed by atoms with van der Waals surface area (Å²) in [5, 5.41) is 8.42. The predicted molar refractivity (Wildman–Crippen MR) is 56.2 cm³/mol. The summed E-state index contributed by atoms with van der Waals surface area (Å²) < 4.78 is 0. The molecule has 80 valence electrons. The number of carboxylic acids is 1. The fraction of sp³-hybridized carbons (Fsp3) is 0.727. The second-order valence-electron chi connectivity index (χ2n) is 3.89. The first-order valence-electron chi connectivity index (χ1n) is 5.34. The van der Waals surface area contributed by atoms with E-state index in [2.05, 4.69) is 11.8 Å². The highest BCUT2D eigenvalue weighted by atomic mass is 16.4. The van der Waals surface area contributed by atoms with Crippen LogP contribution >= 0.6 is 0 Å². The van der Waals surface area contributed by atoms with Gasteiger partial charge in [-0.3, -0.25) is 4.90 Å². The van der Waals surface area contributed by atoms with E-state index in [1.54, 1.807) is 6.08 Å². The molecule has 1 N–H and O–H groups in total. The molecule has 1 saturated heterocycles. The van der Waals surface area contributed by atoms with Crippen LogP contribution in [0.5, 0.6) is 0 Å². The normalized spacial score (nSPS) is 20.4. The zero-order valence-corrected chi connectivity index (χ0v) is 8.78. The highest BCUT2D eigenvalue weighted by Crippen LogP contribution is 2.19. The number of hydrogen-bond acceptors (Lipinski definition) is 2. The van der Waals surface area contributed by atoms with Crippen LogP contribution in [0.15, 0.2) is 12.2 Å². The van der Waals surface area contributed by atoms with E-state index in [-0.39, 0.29) is 0 Å². The van der Waals surface area contributed by atoms with Crippen molar-refractivity contribution in [2.75, 3.05) is 19.6 Å². The van der Waals surface area contributed by atoms with Gasteiger partial charge in [0.15, 0.2) is 0 Å². The van der Waals surface area contributed by atoms with E-state index in [1.165, 1.54) is 25.3 Å². The summed E-state index contributed by atoms with van der Waals surface area (Å²) in [7, 11) is 0. The molecule has 0 aromatic carbocycles. The van der Waals surface area contributed by atoms with Crippen molar-refractivity contribution in [3.05, 3.63) is 12.2 Å². The van der Waals surface area contributed by atoms with Crippen molar-refractivity contribution < 1.29 is 9.90 Å². The summed E-state index contributed by atoms with van der Waals surface area (Å²) >= 11 is 0. The van der Waals surface area contributed by atoms with Gasteiger partial charge in [-0.05, 0) is 31.8 Å². The van der Waals surface area contributed by atoms with Crippen LogP contribution in [0.4, 0.5) is 0 Å². The van der Waals surface area contributed by atoms with Crippen LogP contribution in [0.2, 0.25) is 0 Å². The lowest BCUT2D eigenvalue weighted by molar-refractivity contribution is -0.131. The van der Waals surface area contributed by atoms with Gasteiger partial charge in [0, 0.05) is 12.6 Å². The Morgan fingerprint density at radius 3 is 2.64 bits per heavy atom. The van der Waals surface area contributed by atoms with Gasteiger partial charge in [0.1, 0.15) is 0 Å². The maximum atomic E-state index is 10.2. The number of aliphatic carboxylic acids is 1. The van der Waals surface area contributed by atoms with Crippen molar-refractivity contribution in [3.8, 4) is 0 Å². The summed E-state index contributed by atoms with van der Waals surface area (Å²) in [5.74, 6) is 0.0307. The molecule has 0 aromatic heterocycles. The first-order valence-corrected chi connectivity index (χ1v) is 5.34. The maximum absolute atomic E-state index is 10.2. The topological polar surface area (TPSA) is 40.5 Å². The molecule has 0 radical (unpaired) electrons. The van der Waals surface area contributed by atoms with Crippen LogP contribution in [0, 0.1) is 5.92 Å². The molecule has 1 fully saturated rings. The van der Waals surface area contributed by atoms with Crippen molar-refractivity contribution in [1.82, 2.24) is 4.90 Å². The van der Waals surface area contributed by atoms with Gasteiger partial charge in [-0.1, -0.05) is 19.4 Å². The predicted octanol–water partition coefficient (Wildman–Crippen LogP) is 1.75. The van der Waals surface area contributed by atoms with Crippen LogP contribution in [0.1, 0.15) is 26.2 Å². The summed E-state index contributed by atoms with van der Waals surface area (Å²) in [5.41, 5.74) is 0. The van der Waals surface area contributed by atoms with Crippen molar-refractivity contribution in [2.45, 2.75) is 26.2 Å². The highest BCUT2D eigenvalue weighted by molar-refractivity contribution is 5.79. The molecule has 1 rings (SSSR count). The molecule has 1 aliphatic rings. The number of rotatable bonds is 4. The molecule has 0 unspecified atom stereocenters. The van der Waals surface area contributed by atoms with Crippen molar-refractivity contribution in [3.63, 3.8) is 0 Å². The number of likely N-dealkylation sites (tertiary alicyclic amines) is 1. The SMILES string of the molecule is CCC1CCN(CC=CC(=O)O)CC1. The summed E-state index contributed by atoms with van der Waals surface area (Å²) in [6, 6.07) is 0. The maximum Gasteiger partial charge on any atom is 0.328 e. The molecule has 0 spiro atoms. The number of nitrogens with zero attached hydrogens (tertiary/aromatic N) is 1. The zero-order valence-electron chi connectivity index (χ0n) is 8.78. The molecule has 0 amide bonds. The molecular weight excluding hydrogens is 178 g/mol. The van der Waals surface area contributed by atoms with E-state index < -0.39 is 5.97 Å². The minimum atomic E-state index is -0.853. The molecule has 0 atom stereocenters. The fourth-order valence-corrected chi connectivity index (χ4v) is 1.88. The van der Waals surface area contributed by atoms with Crippen LogP contribution in [-0.4, -0.2) is 35.6 Å². The lowest BCUT2D eigenvalue weighted by Gasteiger charge is -2.30. The van der Waals surface area contributed by atoms with Gasteiger partial charge in [-0.2, -0.15) is 0 Å². The molecule has 0 bridgehead atoms. The Bertz CT molecular complexity index is 205. The minimum absolute atomic E-state index is 0.780. The Kier molecular flexibility index (Phi) is 4.66. The molecule has 1 heterocycles. The van der Waals surface area contributed by atoms with Crippen molar-refractivity contribution in [2.24, 2.45) is 5.92 Å². The average Bonchev–Trinajstić information content (AvgIpc) is 2.18. The second kappa shape index (κ2) is 5.81. The third kappa shape index (κ3) is 3.92. The number of hydrogen-bond donors (Lipinski definition) is 1. The minimum Gasteiger partial charge on any atom is -0.478 e. The van der Waals surface area contributed by atoms with Gasteiger partial charge >= 0.3 is 5.97 Å². The first-order chi connectivity index (χ1) is 6.72. The van der Waals surface area contributed by atoms with Gasteiger partial charge < -0.3 is 5.11 Å². The molecule has 0 saturated carbocycles. The third-order valence-corrected chi connectivity index (χ3v) is 2.91. The molecule has 0 aromatic rings. The Morgan fingerprint density at radius 2 is 2.14 bits per heavy atom. The third-order valence-electron chi connectivity index (χ3n) is 2.91. The fourth-order valence-electron chi connectivity index (χ4n) is 1.88. The zero-order chi connectivity index (χ0) is 10.4. The largest absolute Gasteiger partial charge is 0.478 e. The molecule has 0 aliphatic carbocycles. The van der Waals surface area contributed by atoms with Crippen LogP contribution in [0.3, 0.4) is 0 Å². The molecule has 14 heavy (non-hydrogen) atoms. The van der Waals surface area contributed by atoms with Crippen molar-refractivity contribution in [1.29, 1.82) is 0 Å². The summed E-state index contributed by atoms with van der Waals surface area (Å²) in [6.45, 7) is 5.25. The Morgan fingerprint density at radius 1 is 1.50 bits per heavy atom. The first kappa shape index (κ1) is 11.2. The van der Waals surface area contributed by atoms with Crippen LogP contribution in [0.25, 0.3) is 0 Å². The molecule has 3 nitrogen and oxygen atoms in total. The Balaban J connectivity index is 2.19. The van der Waals surface area contributed by atoms with Gasteiger partial charge in [-0.25, -0.2) is 4.79 Å². The van der Waals surface area contributed by atoms with E-state index in [0.717, 1.165) is 25.6 Å². The Labute approximate surface area is 85.4 Å². The quantitative estimate of drug-likeness (QED) is 0.698. The number of carboxylic acid groups (broad SMARTS) is 1. The van der Waals surface area contributed by atoms with Crippen molar-refractivity contribution >= 4 is 5.97 Å². The second-order valence-corrected chi connectivity index (χ2v) is 3.89. The lowest BCUT2D eigenvalue weighted by Crippen LogP contribution is -2.33. The van der Waals surface area contributed by atoms with Gasteiger partial charge in [0.2, 0.25) is 0 Å². The van der Waals surface area contributed by atoms with Crippen LogP contribution < -0.4 is 0 Å². The van der Waals surface area contributed by atoms with E-state index in [0.29, 0.717) is 0 Å². The van der Waals surface area contributed by atoms with Crippen LogP contribution in [-0.2, 0) is 4.79 Å².